The first-order chi connectivity index (χ1) is 12.9. The number of ether oxygens (including phenoxy) is 1. The summed E-state index contributed by atoms with van der Waals surface area (Å²) in [6.07, 6.45) is 6.57. The number of hydrogen-bond donors (Lipinski definition) is 3. The van der Waals surface area contributed by atoms with E-state index in [4.69, 9.17) is 4.74 Å². The van der Waals surface area contributed by atoms with Gasteiger partial charge in [-0.1, -0.05) is 6.07 Å². The molecule has 0 bridgehead atoms. The largest absolute Gasteiger partial charge is 0.459 e. The molecular formula is C19H25N5O3. The van der Waals surface area contributed by atoms with Crippen LogP contribution >= 0.6 is 0 Å². The van der Waals surface area contributed by atoms with Gasteiger partial charge in [0, 0.05) is 12.4 Å². The Morgan fingerprint density at radius 2 is 2.11 bits per heavy atom. The van der Waals surface area contributed by atoms with Crippen molar-refractivity contribution in [3.8, 4) is 0 Å². The molecule has 2 heterocycles. The Bertz CT molecular complexity index is 796. The highest BCUT2D eigenvalue weighted by atomic mass is 16.5. The molecule has 3 N–H and O–H groups in total. The molecule has 0 spiro atoms. The molecule has 1 amide bonds. The standard InChI is InChI=1S/C19H25N5O3/c1-12(2)27-19(26)14-5-4-13(3)10-16(14)21-18(25)15-6-7-17(23-22-15)24-9-8-20-11-24/h4-5,8-12,15,17,22-23H,6-7H2,1-3H3,(H,21,25). The lowest BCUT2D eigenvalue weighted by Crippen LogP contribution is -2.54. The van der Waals surface area contributed by atoms with Crippen LogP contribution in [0.5, 0.6) is 0 Å². The molecule has 27 heavy (non-hydrogen) atoms. The van der Waals surface area contributed by atoms with Crippen molar-refractivity contribution in [3.05, 3.63) is 48.0 Å². The number of amides is 1. The van der Waals surface area contributed by atoms with E-state index in [-0.39, 0.29) is 18.2 Å². The molecule has 2 atom stereocenters. The molecule has 144 valence electrons. The third-order valence-electron chi connectivity index (χ3n) is 4.35. The molecular weight excluding hydrogens is 346 g/mol. The van der Waals surface area contributed by atoms with E-state index >= 15 is 0 Å². The maximum atomic E-state index is 12.7. The van der Waals surface area contributed by atoms with Crippen molar-refractivity contribution in [2.24, 2.45) is 0 Å². The average Bonchev–Trinajstić information content (AvgIpc) is 3.16. The van der Waals surface area contributed by atoms with Crippen LogP contribution in [0.15, 0.2) is 36.9 Å². The maximum absolute atomic E-state index is 12.7. The van der Waals surface area contributed by atoms with Gasteiger partial charge in [-0.2, -0.15) is 0 Å². The van der Waals surface area contributed by atoms with Gasteiger partial charge in [-0.3, -0.25) is 4.79 Å². The fourth-order valence-electron chi connectivity index (χ4n) is 2.98. The van der Waals surface area contributed by atoms with Crippen molar-refractivity contribution >= 4 is 17.6 Å². The number of rotatable bonds is 5. The number of hydrazine groups is 1. The van der Waals surface area contributed by atoms with Gasteiger partial charge in [0.05, 0.1) is 29.8 Å². The van der Waals surface area contributed by atoms with Gasteiger partial charge >= 0.3 is 5.97 Å². The minimum absolute atomic E-state index is 0.0482. The first-order valence-electron chi connectivity index (χ1n) is 9.05. The number of benzene rings is 1. The van der Waals surface area contributed by atoms with Crippen LogP contribution < -0.4 is 16.2 Å². The number of carbonyl (C=O) groups is 2. The second-order valence-electron chi connectivity index (χ2n) is 6.94. The minimum atomic E-state index is -0.449. The Morgan fingerprint density at radius 1 is 1.30 bits per heavy atom. The number of esters is 1. The molecule has 2 aromatic rings. The van der Waals surface area contributed by atoms with Crippen molar-refractivity contribution in [1.29, 1.82) is 0 Å². The van der Waals surface area contributed by atoms with E-state index in [1.807, 2.05) is 23.8 Å². The van der Waals surface area contributed by atoms with Crippen LogP contribution in [0.2, 0.25) is 0 Å². The Kier molecular flexibility index (Phi) is 5.88. The number of aromatic nitrogens is 2. The average molecular weight is 371 g/mol. The summed E-state index contributed by atoms with van der Waals surface area (Å²) < 4.78 is 7.22. The Labute approximate surface area is 158 Å². The number of hydrogen-bond acceptors (Lipinski definition) is 6. The third-order valence-corrected chi connectivity index (χ3v) is 4.35. The van der Waals surface area contributed by atoms with Gasteiger partial charge in [-0.15, -0.1) is 0 Å². The van der Waals surface area contributed by atoms with Crippen LogP contribution in [0, 0.1) is 6.92 Å². The summed E-state index contributed by atoms with van der Waals surface area (Å²) in [5.74, 6) is -0.647. The molecule has 0 radical (unpaired) electrons. The van der Waals surface area contributed by atoms with Crippen molar-refractivity contribution in [1.82, 2.24) is 20.4 Å². The number of nitrogens with zero attached hydrogens (tertiary/aromatic N) is 2. The predicted octanol–water partition coefficient (Wildman–Crippen LogP) is 2.15. The van der Waals surface area contributed by atoms with Crippen LogP contribution in [-0.4, -0.2) is 33.6 Å². The monoisotopic (exact) mass is 371 g/mol. The predicted molar refractivity (Wildman–Crippen MR) is 101 cm³/mol. The van der Waals surface area contributed by atoms with Crippen molar-refractivity contribution < 1.29 is 14.3 Å². The molecule has 1 aliphatic rings. The van der Waals surface area contributed by atoms with Gasteiger partial charge in [0.25, 0.3) is 0 Å². The lowest BCUT2D eigenvalue weighted by Gasteiger charge is -2.31. The van der Waals surface area contributed by atoms with Crippen molar-refractivity contribution in [2.75, 3.05) is 5.32 Å². The van der Waals surface area contributed by atoms with Gasteiger partial charge < -0.3 is 14.6 Å². The van der Waals surface area contributed by atoms with E-state index in [0.717, 1.165) is 12.0 Å². The van der Waals surface area contributed by atoms with E-state index in [9.17, 15) is 9.59 Å². The first-order valence-corrected chi connectivity index (χ1v) is 9.05. The molecule has 1 fully saturated rings. The molecule has 8 nitrogen and oxygen atoms in total. The Balaban J connectivity index is 1.66. The van der Waals surface area contributed by atoms with Crippen LogP contribution in [0.25, 0.3) is 0 Å². The summed E-state index contributed by atoms with van der Waals surface area (Å²) in [7, 11) is 0. The minimum Gasteiger partial charge on any atom is -0.459 e. The zero-order valence-electron chi connectivity index (χ0n) is 15.7. The zero-order valence-corrected chi connectivity index (χ0v) is 15.7. The highest BCUT2D eigenvalue weighted by molar-refractivity contribution is 6.03. The maximum Gasteiger partial charge on any atom is 0.340 e. The summed E-state index contributed by atoms with van der Waals surface area (Å²) in [6, 6.07) is 4.87. The van der Waals surface area contributed by atoms with Crippen LogP contribution in [-0.2, 0) is 9.53 Å². The topological polar surface area (TPSA) is 97.3 Å². The van der Waals surface area contributed by atoms with E-state index in [1.165, 1.54) is 0 Å². The lowest BCUT2D eigenvalue weighted by atomic mass is 10.1. The Morgan fingerprint density at radius 3 is 2.74 bits per heavy atom. The SMILES string of the molecule is Cc1ccc(C(=O)OC(C)C)c(NC(=O)C2CCC(n3ccnc3)NN2)c1. The summed E-state index contributed by atoms with van der Waals surface area (Å²) in [5.41, 5.74) is 7.94. The highest BCUT2D eigenvalue weighted by Gasteiger charge is 2.27. The smallest absolute Gasteiger partial charge is 0.340 e. The molecule has 0 aliphatic carbocycles. The van der Waals surface area contributed by atoms with E-state index in [1.54, 1.807) is 38.5 Å². The van der Waals surface area contributed by atoms with E-state index in [0.29, 0.717) is 17.7 Å². The van der Waals surface area contributed by atoms with Crippen molar-refractivity contribution in [2.45, 2.75) is 51.9 Å². The number of aryl methyl sites for hydroxylation is 1. The summed E-state index contributed by atoms with van der Waals surface area (Å²) in [5, 5.41) is 2.86. The fourth-order valence-corrected chi connectivity index (χ4v) is 2.98. The lowest BCUT2D eigenvalue weighted by molar-refractivity contribution is -0.119. The van der Waals surface area contributed by atoms with Gasteiger partial charge in [0.1, 0.15) is 6.04 Å². The number of anilines is 1. The number of nitrogens with one attached hydrogen (secondary N) is 3. The molecule has 8 heteroatoms. The fraction of sp³-hybridized carbons (Fsp3) is 0.421. The second-order valence-corrected chi connectivity index (χ2v) is 6.94. The van der Waals surface area contributed by atoms with Gasteiger partial charge in [0.2, 0.25) is 5.91 Å². The molecule has 1 aliphatic heterocycles. The molecule has 1 aromatic carbocycles. The third kappa shape index (κ3) is 4.72. The number of imidazole rings is 1. The van der Waals surface area contributed by atoms with Crippen molar-refractivity contribution in [3.63, 3.8) is 0 Å². The highest BCUT2D eigenvalue weighted by Crippen LogP contribution is 2.21. The number of carbonyl (C=O) groups excluding carboxylic acids is 2. The van der Waals surface area contributed by atoms with Crippen LogP contribution in [0.4, 0.5) is 5.69 Å². The normalized spacial score (nSPS) is 19.7. The van der Waals surface area contributed by atoms with E-state index < -0.39 is 12.0 Å². The second kappa shape index (κ2) is 8.32. The Hall–Kier alpha value is -2.71. The quantitative estimate of drug-likeness (QED) is 0.697. The molecule has 1 saturated heterocycles. The first kappa shape index (κ1) is 19.1. The summed E-state index contributed by atoms with van der Waals surface area (Å²) >= 11 is 0. The zero-order chi connectivity index (χ0) is 19.4. The summed E-state index contributed by atoms with van der Waals surface area (Å²) in [6.45, 7) is 5.49. The van der Waals surface area contributed by atoms with E-state index in [2.05, 4.69) is 21.2 Å². The summed E-state index contributed by atoms with van der Waals surface area (Å²) in [4.78, 5) is 29.0. The molecule has 0 saturated carbocycles. The van der Waals surface area contributed by atoms with Gasteiger partial charge in [0.15, 0.2) is 0 Å². The van der Waals surface area contributed by atoms with Crippen LogP contribution in [0.1, 0.15) is 48.8 Å². The van der Waals surface area contributed by atoms with Crippen LogP contribution in [0.3, 0.4) is 0 Å². The molecule has 2 unspecified atom stereocenters. The molecule has 1 aromatic heterocycles. The van der Waals surface area contributed by atoms with Gasteiger partial charge in [-0.05, 0) is 51.3 Å². The molecule has 3 rings (SSSR count). The van der Waals surface area contributed by atoms with Gasteiger partial charge in [-0.25, -0.2) is 20.6 Å².